The van der Waals surface area contributed by atoms with Gasteiger partial charge in [-0.25, -0.2) is 15.0 Å². The van der Waals surface area contributed by atoms with E-state index in [1.165, 1.54) is 0 Å². The van der Waals surface area contributed by atoms with E-state index in [1.807, 2.05) is 27.7 Å². The molecule has 0 aromatic carbocycles. The molecule has 0 bridgehead atoms. The van der Waals surface area contributed by atoms with Crippen molar-refractivity contribution in [3.05, 3.63) is 29.2 Å². The van der Waals surface area contributed by atoms with Crippen molar-refractivity contribution in [1.29, 1.82) is 0 Å². The monoisotopic (exact) mass is 261 g/mol. The molecule has 0 saturated heterocycles. The van der Waals surface area contributed by atoms with Crippen LogP contribution in [-0.4, -0.2) is 15.0 Å². The van der Waals surface area contributed by atoms with Crippen LogP contribution < -0.4 is 11.1 Å². The van der Waals surface area contributed by atoms with E-state index in [0.29, 0.717) is 18.3 Å². The van der Waals surface area contributed by atoms with Gasteiger partial charge in [0.25, 0.3) is 0 Å². The molecule has 0 aliphatic rings. The van der Waals surface area contributed by atoms with E-state index in [4.69, 9.17) is 10.2 Å². The van der Waals surface area contributed by atoms with Gasteiger partial charge in [0, 0.05) is 11.5 Å². The lowest BCUT2D eigenvalue weighted by Crippen LogP contribution is -2.10. The molecule has 2 rings (SSSR count). The summed E-state index contributed by atoms with van der Waals surface area (Å²) in [5, 5.41) is 3.19. The lowest BCUT2D eigenvalue weighted by atomic mass is 10.2. The minimum atomic E-state index is 0.229. The Labute approximate surface area is 112 Å². The Morgan fingerprint density at radius 2 is 2.05 bits per heavy atom. The fraction of sp³-hybridized carbons (Fsp3) is 0.462. The van der Waals surface area contributed by atoms with Crippen LogP contribution in [0.5, 0.6) is 0 Å². The van der Waals surface area contributed by atoms with Gasteiger partial charge in [0.1, 0.15) is 23.2 Å². The third-order valence-electron chi connectivity index (χ3n) is 2.79. The third kappa shape index (κ3) is 3.01. The number of hydrogen-bond donors (Lipinski definition) is 2. The van der Waals surface area contributed by atoms with Crippen molar-refractivity contribution in [2.45, 2.75) is 40.2 Å². The van der Waals surface area contributed by atoms with Crippen LogP contribution in [0.4, 0.5) is 11.6 Å². The van der Waals surface area contributed by atoms with Gasteiger partial charge in [-0.05, 0) is 13.8 Å². The highest BCUT2D eigenvalue weighted by molar-refractivity contribution is 5.54. The topological polar surface area (TPSA) is 89.9 Å². The zero-order valence-electron chi connectivity index (χ0n) is 11.7. The second kappa shape index (κ2) is 5.26. The van der Waals surface area contributed by atoms with E-state index >= 15 is 0 Å². The number of aromatic nitrogens is 3. The highest BCUT2D eigenvalue weighted by Crippen LogP contribution is 2.21. The van der Waals surface area contributed by atoms with E-state index < -0.39 is 0 Å². The molecule has 0 spiro atoms. The molecular formula is C13H19N5O. The van der Waals surface area contributed by atoms with Gasteiger partial charge in [-0.15, -0.1) is 0 Å². The highest BCUT2D eigenvalue weighted by atomic mass is 16.4. The largest absolute Gasteiger partial charge is 0.444 e. The van der Waals surface area contributed by atoms with Gasteiger partial charge >= 0.3 is 0 Å². The molecule has 0 atom stereocenters. The number of rotatable bonds is 4. The molecule has 2 heterocycles. The average Bonchev–Trinajstić information content (AvgIpc) is 2.76. The van der Waals surface area contributed by atoms with Crippen LogP contribution in [0.1, 0.15) is 42.8 Å². The molecular weight excluding hydrogens is 242 g/mol. The number of hydrogen-bond acceptors (Lipinski definition) is 6. The molecule has 0 radical (unpaired) electrons. The first kappa shape index (κ1) is 13.3. The first-order valence-corrected chi connectivity index (χ1v) is 6.26. The number of nitrogens with one attached hydrogen (secondary N) is 1. The lowest BCUT2D eigenvalue weighted by Gasteiger charge is -2.12. The quantitative estimate of drug-likeness (QED) is 0.878. The summed E-state index contributed by atoms with van der Waals surface area (Å²) in [5.74, 6) is 3.61. The van der Waals surface area contributed by atoms with Gasteiger partial charge in [0.05, 0.1) is 12.7 Å². The molecule has 102 valence electrons. The molecule has 0 saturated carbocycles. The van der Waals surface area contributed by atoms with E-state index in [9.17, 15) is 0 Å². The molecule has 0 amide bonds. The number of nitrogen functional groups attached to an aromatic ring is 1. The van der Waals surface area contributed by atoms with E-state index in [2.05, 4.69) is 20.3 Å². The zero-order valence-corrected chi connectivity index (χ0v) is 11.7. The fourth-order valence-electron chi connectivity index (χ4n) is 1.62. The van der Waals surface area contributed by atoms with Gasteiger partial charge in [-0.1, -0.05) is 13.8 Å². The van der Waals surface area contributed by atoms with Crippen molar-refractivity contribution in [2.75, 3.05) is 11.1 Å². The standard InChI is InChI=1S/C13H19N5O/c1-7(2)12-17-11(14)9(4)13(18-12)16-6-10-15-5-8(3)19-10/h5,7H,6H2,1-4H3,(H3,14,16,17,18). The maximum Gasteiger partial charge on any atom is 0.213 e. The molecule has 0 aliphatic carbocycles. The van der Waals surface area contributed by atoms with Crippen LogP contribution >= 0.6 is 0 Å². The van der Waals surface area contributed by atoms with Crippen molar-refractivity contribution in [2.24, 2.45) is 0 Å². The second-order valence-corrected chi connectivity index (χ2v) is 4.81. The van der Waals surface area contributed by atoms with E-state index in [1.54, 1.807) is 6.20 Å². The molecule has 0 unspecified atom stereocenters. The van der Waals surface area contributed by atoms with Crippen LogP contribution in [-0.2, 0) is 6.54 Å². The van der Waals surface area contributed by atoms with Crippen molar-refractivity contribution in [3.63, 3.8) is 0 Å². The number of aryl methyl sites for hydroxylation is 1. The van der Waals surface area contributed by atoms with Crippen LogP contribution in [0.2, 0.25) is 0 Å². The maximum absolute atomic E-state index is 5.90. The number of anilines is 2. The van der Waals surface area contributed by atoms with Crippen molar-refractivity contribution in [3.8, 4) is 0 Å². The van der Waals surface area contributed by atoms with Crippen molar-refractivity contribution < 1.29 is 4.42 Å². The first-order chi connectivity index (χ1) is 8.97. The van der Waals surface area contributed by atoms with Crippen molar-refractivity contribution in [1.82, 2.24) is 15.0 Å². The Kier molecular flexibility index (Phi) is 3.69. The van der Waals surface area contributed by atoms with Gasteiger partial charge in [0.15, 0.2) is 0 Å². The molecule has 2 aromatic rings. The fourth-order valence-corrected chi connectivity index (χ4v) is 1.62. The molecule has 0 aliphatic heterocycles. The maximum atomic E-state index is 5.90. The van der Waals surface area contributed by atoms with Crippen LogP contribution in [0.3, 0.4) is 0 Å². The number of oxazole rings is 1. The minimum Gasteiger partial charge on any atom is -0.444 e. The Hall–Kier alpha value is -2.11. The zero-order chi connectivity index (χ0) is 14.0. The molecule has 3 N–H and O–H groups in total. The SMILES string of the molecule is Cc1cnc(CNc2nc(C(C)C)nc(N)c2C)o1. The van der Waals surface area contributed by atoms with Gasteiger partial charge in [-0.3, -0.25) is 0 Å². The normalized spacial score (nSPS) is 11.0. The summed E-state index contributed by atoms with van der Waals surface area (Å²) in [6, 6.07) is 0. The van der Waals surface area contributed by atoms with Gasteiger partial charge in [-0.2, -0.15) is 0 Å². The molecule has 6 heteroatoms. The Morgan fingerprint density at radius 3 is 2.63 bits per heavy atom. The molecule has 0 fully saturated rings. The summed E-state index contributed by atoms with van der Waals surface area (Å²) < 4.78 is 5.40. The summed E-state index contributed by atoms with van der Waals surface area (Å²) in [6.07, 6.45) is 1.69. The second-order valence-electron chi connectivity index (χ2n) is 4.81. The van der Waals surface area contributed by atoms with E-state index in [-0.39, 0.29) is 5.92 Å². The predicted octanol–water partition coefficient (Wildman–Crippen LogP) is 2.40. The van der Waals surface area contributed by atoms with E-state index in [0.717, 1.165) is 23.0 Å². The highest BCUT2D eigenvalue weighted by Gasteiger charge is 2.11. The van der Waals surface area contributed by atoms with Crippen LogP contribution in [0.15, 0.2) is 10.6 Å². The van der Waals surface area contributed by atoms with Crippen LogP contribution in [0, 0.1) is 13.8 Å². The summed E-state index contributed by atoms with van der Waals surface area (Å²) in [6.45, 7) is 8.29. The Morgan fingerprint density at radius 1 is 1.32 bits per heavy atom. The molecule has 6 nitrogen and oxygen atoms in total. The summed E-state index contributed by atoms with van der Waals surface area (Å²) >= 11 is 0. The summed E-state index contributed by atoms with van der Waals surface area (Å²) in [5.41, 5.74) is 6.74. The third-order valence-corrected chi connectivity index (χ3v) is 2.79. The number of nitrogens with zero attached hydrogens (tertiary/aromatic N) is 3. The summed E-state index contributed by atoms with van der Waals surface area (Å²) in [4.78, 5) is 12.9. The van der Waals surface area contributed by atoms with Gasteiger partial charge < -0.3 is 15.5 Å². The smallest absolute Gasteiger partial charge is 0.213 e. The Bertz CT molecular complexity index is 576. The van der Waals surface area contributed by atoms with Gasteiger partial charge in [0.2, 0.25) is 5.89 Å². The average molecular weight is 261 g/mol. The first-order valence-electron chi connectivity index (χ1n) is 6.26. The summed E-state index contributed by atoms with van der Waals surface area (Å²) in [7, 11) is 0. The molecule has 2 aromatic heterocycles. The minimum absolute atomic E-state index is 0.229. The molecule has 19 heavy (non-hydrogen) atoms. The lowest BCUT2D eigenvalue weighted by molar-refractivity contribution is 0.478. The predicted molar refractivity (Wildman–Crippen MR) is 73.8 cm³/mol. The Balaban J connectivity index is 2.19. The van der Waals surface area contributed by atoms with Crippen LogP contribution in [0.25, 0.3) is 0 Å². The van der Waals surface area contributed by atoms with Crippen molar-refractivity contribution >= 4 is 11.6 Å². The number of nitrogens with two attached hydrogens (primary N) is 1.